The van der Waals surface area contributed by atoms with Crippen LogP contribution in [-0.2, 0) is 25.6 Å². The standard InChI is InChI=1S/C20H20F5NO5S/c21-19(22)8-26(9-19)17(27)13-6-12(7-14(13)18(28)29)32(30,31)16-4-3-11(10-1-2-10)5-15(16)20(23,24)25/h3-5,10,12-14H,1-2,6-9H2,(H,28,29)/t12-,13-,14-/m1/s1. The van der Waals surface area contributed by atoms with Gasteiger partial charge in [0, 0.05) is 0 Å². The van der Waals surface area contributed by atoms with E-state index in [2.05, 4.69) is 0 Å². The summed E-state index contributed by atoms with van der Waals surface area (Å²) < 4.78 is 93.6. The summed E-state index contributed by atoms with van der Waals surface area (Å²) in [6, 6.07) is 3.04. The molecule has 0 radical (unpaired) electrons. The summed E-state index contributed by atoms with van der Waals surface area (Å²) in [6.45, 7) is -1.79. The number of carboxylic acid groups (broad SMARTS) is 1. The van der Waals surface area contributed by atoms with E-state index in [-0.39, 0.29) is 5.92 Å². The zero-order valence-corrected chi connectivity index (χ0v) is 17.4. The van der Waals surface area contributed by atoms with Crippen LogP contribution in [-0.4, -0.2) is 54.6 Å². The summed E-state index contributed by atoms with van der Waals surface area (Å²) in [6.07, 6.45) is -4.63. The van der Waals surface area contributed by atoms with E-state index in [0.29, 0.717) is 18.4 Å². The molecule has 0 bridgehead atoms. The van der Waals surface area contributed by atoms with Gasteiger partial charge in [-0.1, -0.05) is 6.07 Å². The minimum Gasteiger partial charge on any atom is -0.481 e. The molecule has 1 amide bonds. The fourth-order valence-corrected chi connectivity index (χ4v) is 6.58. The lowest BCUT2D eigenvalue weighted by molar-refractivity contribution is -0.172. The van der Waals surface area contributed by atoms with Crippen molar-refractivity contribution in [3.05, 3.63) is 29.3 Å². The van der Waals surface area contributed by atoms with Crippen molar-refractivity contribution in [2.75, 3.05) is 13.1 Å². The molecule has 0 aromatic heterocycles. The molecular weight excluding hydrogens is 461 g/mol. The van der Waals surface area contributed by atoms with E-state index in [1.807, 2.05) is 0 Å². The second-order valence-corrected chi connectivity index (χ2v) is 11.0. The van der Waals surface area contributed by atoms with Crippen LogP contribution in [0.4, 0.5) is 22.0 Å². The Morgan fingerprint density at radius 1 is 1.06 bits per heavy atom. The first-order valence-electron chi connectivity index (χ1n) is 10.0. The van der Waals surface area contributed by atoms with Crippen LogP contribution in [0.1, 0.15) is 42.7 Å². The van der Waals surface area contributed by atoms with Crippen molar-refractivity contribution in [1.82, 2.24) is 4.90 Å². The van der Waals surface area contributed by atoms with E-state index in [4.69, 9.17) is 0 Å². The maximum absolute atomic E-state index is 13.7. The number of hydrogen-bond donors (Lipinski definition) is 1. The smallest absolute Gasteiger partial charge is 0.417 e. The normalized spacial score (nSPS) is 27.8. The summed E-state index contributed by atoms with van der Waals surface area (Å²) >= 11 is 0. The monoisotopic (exact) mass is 481 g/mol. The number of hydrogen-bond acceptors (Lipinski definition) is 4. The largest absolute Gasteiger partial charge is 0.481 e. The van der Waals surface area contributed by atoms with Gasteiger partial charge in [-0.2, -0.15) is 13.2 Å². The SMILES string of the molecule is O=C(O)[C@@H]1C[C@H](S(=O)(=O)c2ccc(C3CC3)cc2C(F)(F)F)C[C@H]1C(=O)N1CC(F)(F)C1. The Bertz CT molecular complexity index is 1060. The second kappa shape index (κ2) is 7.39. The third kappa shape index (κ3) is 4.08. The van der Waals surface area contributed by atoms with Crippen LogP contribution in [0, 0.1) is 11.8 Å². The van der Waals surface area contributed by atoms with Gasteiger partial charge >= 0.3 is 12.1 Å². The highest BCUT2D eigenvalue weighted by molar-refractivity contribution is 7.92. The van der Waals surface area contributed by atoms with E-state index in [0.717, 1.165) is 17.0 Å². The molecule has 2 saturated carbocycles. The average Bonchev–Trinajstić information content (AvgIpc) is 3.41. The van der Waals surface area contributed by atoms with Gasteiger partial charge in [0.2, 0.25) is 5.91 Å². The van der Waals surface area contributed by atoms with Crippen molar-refractivity contribution >= 4 is 21.7 Å². The van der Waals surface area contributed by atoms with Gasteiger partial charge in [-0.15, -0.1) is 0 Å². The molecule has 4 rings (SSSR count). The third-order valence-electron chi connectivity index (χ3n) is 6.41. The fourth-order valence-electron chi connectivity index (χ4n) is 4.56. The molecule has 1 aromatic carbocycles. The molecule has 0 spiro atoms. The molecule has 1 N–H and O–H groups in total. The first-order chi connectivity index (χ1) is 14.7. The summed E-state index contributed by atoms with van der Waals surface area (Å²) in [5.74, 6) is -8.44. The number of sulfone groups is 1. The van der Waals surface area contributed by atoms with Crippen molar-refractivity contribution in [3.63, 3.8) is 0 Å². The van der Waals surface area contributed by atoms with Crippen LogP contribution in [0.5, 0.6) is 0 Å². The zero-order chi connectivity index (χ0) is 23.6. The minimum atomic E-state index is -4.95. The Morgan fingerprint density at radius 3 is 2.16 bits per heavy atom. The maximum Gasteiger partial charge on any atom is 0.417 e. The number of halogens is 5. The van der Waals surface area contributed by atoms with E-state index in [1.54, 1.807) is 0 Å². The van der Waals surface area contributed by atoms with Crippen molar-refractivity contribution < 1.29 is 45.1 Å². The highest BCUT2D eigenvalue weighted by atomic mass is 32.2. The molecule has 3 aliphatic rings. The Balaban J connectivity index is 1.64. The Morgan fingerprint density at radius 2 is 1.66 bits per heavy atom. The van der Waals surface area contributed by atoms with E-state index >= 15 is 0 Å². The van der Waals surface area contributed by atoms with Gasteiger partial charge in [0.05, 0.1) is 40.6 Å². The van der Waals surface area contributed by atoms with Gasteiger partial charge in [0.1, 0.15) is 0 Å². The van der Waals surface area contributed by atoms with E-state index < -0.39 is 87.3 Å². The number of benzene rings is 1. The predicted octanol–water partition coefficient (Wildman–Crippen LogP) is 3.31. The number of nitrogens with zero attached hydrogens (tertiary/aromatic N) is 1. The Kier molecular flexibility index (Phi) is 5.30. The maximum atomic E-state index is 13.7. The highest BCUT2D eigenvalue weighted by Gasteiger charge is 2.54. The number of carboxylic acids is 1. The lowest BCUT2D eigenvalue weighted by atomic mass is 9.93. The third-order valence-corrected chi connectivity index (χ3v) is 8.64. The molecule has 0 unspecified atom stereocenters. The average molecular weight is 481 g/mol. The van der Waals surface area contributed by atoms with E-state index in [9.17, 15) is 45.1 Å². The summed E-state index contributed by atoms with van der Waals surface area (Å²) in [5.41, 5.74) is -0.927. The number of amides is 1. The van der Waals surface area contributed by atoms with Crippen molar-refractivity contribution in [1.29, 1.82) is 0 Å². The van der Waals surface area contributed by atoms with E-state index in [1.165, 1.54) is 6.07 Å². The second-order valence-electron chi connectivity index (χ2n) is 8.77. The van der Waals surface area contributed by atoms with Crippen LogP contribution >= 0.6 is 0 Å². The molecule has 1 saturated heterocycles. The van der Waals surface area contributed by atoms with Crippen molar-refractivity contribution in [2.24, 2.45) is 11.8 Å². The van der Waals surface area contributed by atoms with Gasteiger partial charge < -0.3 is 10.0 Å². The molecule has 12 heteroatoms. The molecule has 6 nitrogen and oxygen atoms in total. The molecule has 2 aliphatic carbocycles. The van der Waals surface area contributed by atoms with Crippen LogP contribution in [0.25, 0.3) is 0 Å². The van der Waals surface area contributed by atoms with Crippen LogP contribution in [0.2, 0.25) is 0 Å². The molecular formula is C20H20F5NO5S. The van der Waals surface area contributed by atoms with Gasteiger partial charge in [-0.05, 0) is 49.3 Å². The van der Waals surface area contributed by atoms with Crippen LogP contribution in [0.15, 0.2) is 23.1 Å². The predicted molar refractivity (Wildman–Crippen MR) is 99.8 cm³/mol. The first kappa shape index (κ1) is 22.9. The number of likely N-dealkylation sites (tertiary alicyclic amines) is 1. The highest BCUT2D eigenvalue weighted by Crippen LogP contribution is 2.46. The van der Waals surface area contributed by atoms with Crippen molar-refractivity contribution in [3.8, 4) is 0 Å². The molecule has 176 valence electrons. The molecule has 3 atom stereocenters. The summed E-state index contributed by atoms with van der Waals surface area (Å²) in [5, 5.41) is 7.91. The quantitative estimate of drug-likeness (QED) is 0.652. The van der Waals surface area contributed by atoms with Gasteiger partial charge in [0.25, 0.3) is 5.92 Å². The molecule has 32 heavy (non-hydrogen) atoms. The number of rotatable bonds is 5. The summed E-state index contributed by atoms with van der Waals surface area (Å²) in [4.78, 5) is 24.0. The lowest BCUT2D eigenvalue weighted by Gasteiger charge is -2.40. The topological polar surface area (TPSA) is 91.7 Å². The summed E-state index contributed by atoms with van der Waals surface area (Å²) in [7, 11) is -4.65. The van der Waals surface area contributed by atoms with Gasteiger partial charge in [-0.25, -0.2) is 17.2 Å². The van der Waals surface area contributed by atoms with Gasteiger partial charge in [0.15, 0.2) is 9.84 Å². The Labute approximate surface area is 180 Å². The minimum absolute atomic E-state index is 0.0487. The van der Waals surface area contributed by atoms with Gasteiger partial charge in [-0.3, -0.25) is 9.59 Å². The van der Waals surface area contributed by atoms with Crippen LogP contribution in [0.3, 0.4) is 0 Å². The molecule has 3 fully saturated rings. The van der Waals surface area contributed by atoms with Crippen LogP contribution < -0.4 is 0 Å². The number of aliphatic carboxylic acids is 1. The lowest BCUT2D eigenvalue weighted by Crippen LogP contribution is -2.60. The molecule has 1 heterocycles. The first-order valence-corrected chi connectivity index (χ1v) is 11.6. The fraction of sp³-hybridized carbons (Fsp3) is 0.600. The molecule has 1 aliphatic heterocycles. The van der Waals surface area contributed by atoms with Crippen molar-refractivity contribution in [2.45, 2.75) is 53.8 Å². The number of alkyl halides is 5. The molecule has 1 aromatic rings. The number of carbonyl (C=O) groups excluding carboxylic acids is 1. The number of carbonyl (C=O) groups is 2. The zero-order valence-electron chi connectivity index (χ0n) is 16.6. The Hall–Kier alpha value is -2.24.